The molecule has 0 aliphatic rings. The van der Waals surface area contributed by atoms with Crippen LogP contribution >= 0.6 is 23.2 Å². The van der Waals surface area contributed by atoms with Crippen molar-refractivity contribution in [3.63, 3.8) is 0 Å². The number of aromatic nitrogens is 2. The average molecular weight is 418 g/mol. The van der Waals surface area contributed by atoms with Crippen LogP contribution in [0.2, 0.25) is 10.0 Å². The fourth-order valence-corrected chi connectivity index (χ4v) is 3.01. The van der Waals surface area contributed by atoms with E-state index in [-0.39, 0.29) is 5.56 Å². The highest BCUT2D eigenvalue weighted by molar-refractivity contribution is 6.42. The Hall–Kier alpha value is -3.03. The van der Waals surface area contributed by atoms with Gasteiger partial charge in [-0.1, -0.05) is 29.3 Å². The normalized spacial score (nSPS) is 11.5. The van der Waals surface area contributed by atoms with E-state index < -0.39 is 5.91 Å². The molecule has 0 atom stereocenters. The number of nitrogens with zero attached hydrogens (tertiary/aromatic N) is 2. The van der Waals surface area contributed by atoms with E-state index in [0.717, 1.165) is 0 Å². The number of carbonyl (C=O) groups is 1. The number of hydrogen-bond acceptors (Lipinski definition) is 4. The zero-order chi connectivity index (χ0) is 20.4. The fourth-order valence-electron chi connectivity index (χ4n) is 2.71. The van der Waals surface area contributed by atoms with Gasteiger partial charge in [-0.2, -0.15) is 5.10 Å². The van der Waals surface area contributed by atoms with Crippen LogP contribution in [0.25, 0.3) is 5.69 Å². The first-order chi connectivity index (χ1) is 13.3. The molecule has 0 bridgehead atoms. The Morgan fingerprint density at radius 1 is 1.18 bits per heavy atom. The average Bonchev–Trinajstić information content (AvgIpc) is 2.96. The van der Waals surface area contributed by atoms with E-state index in [9.17, 15) is 9.59 Å². The number of anilines is 1. The summed E-state index contributed by atoms with van der Waals surface area (Å²) < 4.78 is 1.34. The highest BCUT2D eigenvalue weighted by atomic mass is 35.5. The van der Waals surface area contributed by atoms with Crippen LogP contribution in [0.4, 0.5) is 5.69 Å². The van der Waals surface area contributed by atoms with Crippen molar-refractivity contribution in [1.29, 1.82) is 0 Å². The van der Waals surface area contributed by atoms with Crippen molar-refractivity contribution < 1.29 is 4.79 Å². The lowest BCUT2D eigenvalue weighted by atomic mass is 10.2. The van der Waals surface area contributed by atoms with Crippen LogP contribution in [0.5, 0.6) is 0 Å². The minimum Gasteiger partial charge on any atom is -0.399 e. The second-order valence-corrected chi connectivity index (χ2v) is 6.93. The summed E-state index contributed by atoms with van der Waals surface area (Å²) in [5.74, 6) is -0.426. The Morgan fingerprint density at radius 2 is 1.93 bits per heavy atom. The Labute approximate surface area is 170 Å². The monoisotopic (exact) mass is 417 g/mol. The number of hydrazone groups is 1. The zero-order valence-corrected chi connectivity index (χ0v) is 16.6. The van der Waals surface area contributed by atoms with E-state index in [2.05, 4.69) is 15.6 Å². The lowest BCUT2D eigenvalue weighted by Gasteiger charge is -2.03. The highest BCUT2D eigenvalue weighted by Gasteiger charge is 2.16. The topological polar surface area (TPSA) is 105 Å². The number of rotatable bonds is 4. The van der Waals surface area contributed by atoms with Crippen LogP contribution in [0, 0.1) is 6.92 Å². The zero-order valence-electron chi connectivity index (χ0n) is 15.1. The lowest BCUT2D eigenvalue weighted by molar-refractivity contribution is 0.0955. The second kappa shape index (κ2) is 7.92. The first-order valence-electron chi connectivity index (χ1n) is 8.25. The van der Waals surface area contributed by atoms with E-state index in [1.165, 1.54) is 4.68 Å². The van der Waals surface area contributed by atoms with Gasteiger partial charge in [0.25, 0.3) is 11.5 Å². The molecule has 3 rings (SSSR count). The number of nitrogens with two attached hydrogens (primary N) is 1. The van der Waals surface area contributed by atoms with Crippen LogP contribution in [0.1, 0.15) is 28.5 Å². The van der Waals surface area contributed by atoms with Crippen LogP contribution in [0.3, 0.4) is 0 Å². The summed E-state index contributed by atoms with van der Waals surface area (Å²) in [6.45, 7) is 3.37. The number of nitrogens with one attached hydrogen (secondary N) is 2. The predicted molar refractivity (Wildman–Crippen MR) is 112 cm³/mol. The molecule has 0 aliphatic carbocycles. The van der Waals surface area contributed by atoms with Crippen molar-refractivity contribution >= 4 is 40.5 Å². The molecule has 0 saturated heterocycles. The van der Waals surface area contributed by atoms with Gasteiger partial charge in [-0.15, -0.1) is 0 Å². The summed E-state index contributed by atoms with van der Waals surface area (Å²) >= 11 is 12.0. The van der Waals surface area contributed by atoms with Crippen molar-refractivity contribution in [2.45, 2.75) is 13.8 Å². The molecule has 1 amide bonds. The maximum Gasteiger partial charge on any atom is 0.280 e. The number of hydrogen-bond donors (Lipinski definition) is 3. The summed E-state index contributed by atoms with van der Waals surface area (Å²) in [6, 6.07) is 11.4. The maximum absolute atomic E-state index is 12.8. The molecule has 144 valence electrons. The van der Waals surface area contributed by atoms with E-state index in [4.69, 9.17) is 28.9 Å². The first-order valence-corrected chi connectivity index (χ1v) is 9.01. The van der Waals surface area contributed by atoms with Gasteiger partial charge in [0.05, 0.1) is 27.0 Å². The number of benzene rings is 2. The Bertz CT molecular complexity index is 1150. The van der Waals surface area contributed by atoms with E-state index in [1.807, 2.05) is 0 Å². The maximum atomic E-state index is 12.8. The van der Waals surface area contributed by atoms with E-state index >= 15 is 0 Å². The smallest absolute Gasteiger partial charge is 0.280 e. The largest absolute Gasteiger partial charge is 0.399 e. The number of halogens is 2. The fraction of sp³-hybridized carbons (Fsp3) is 0.105. The molecule has 0 spiro atoms. The quantitative estimate of drug-likeness (QED) is 0.343. The molecule has 2 aromatic carbocycles. The molecule has 0 unspecified atom stereocenters. The molecule has 7 nitrogen and oxygen atoms in total. The van der Waals surface area contributed by atoms with Gasteiger partial charge >= 0.3 is 0 Å². The molecular weight excluding hydrogens is 401 g/mol. The Kier molecular flexibility index (Phi) is 5.58. The lowest BCUT2D eigenvalue weighted by Crippen LogP contribution is -2.23. The number of carbonyl (C=O) groups excluding carboxylic acids is 1. The van der Waals surface area contributed by atoms with Crippen molar-refractivity contribution in [2.24, 2.45) is 5.10 Å². The highest BCUT2D eigenvalue weighted by Crippen LogP contribution is 2.24. The molecule has 1 aromatic heterocycles. The van der Waals surface area contributed by atoms with Crippen LogP contribution in [-0.2, 0) is 0 Å². The van der Waals surface area contributed by atoms with Crippen LogP contribution < -0.4 is 16.7 Å². The summed E-state index contributed by atoms with van der Waals surface area (Å²) in [5.41, 5.74) is 10.5. The second-order valence-electron chi connectivity index (χ2n) is 6.11. The van der Waals surface area contributed by atoms with Gasteiger partial charge in [0, 0.05) is 16.9 Å². The molecule has 28 heavy (non-hydrogen) atoms. The molecular formula is C19H17Cl2N5O2. The molecule has 9 heteroatoms. The first kappa shape index (κ1) is 19.7. The van der Waals surface area contributed by atoms with Gasteiger partial charge in [0.1, 0.15) is 0 Å². The summed E-state index contributed by atoms with van der Waals surface area (Å²) in [6.07, 6.45) is 0. The summed E-state index contributed by atoms with van der Waals surface area (Å²) in [5, 5.41) is 7.76. The van der Waals surface area contributed by atoms with Gasteiger partial charge in [-0.3, -0.25) is 14.7 Å². The third-order valence-corrected chi connectivity index (χ3v) is 4.81. The standard InChI is InChI=1S/C19H17Cl2N5O2/c1-10(23-24-18(27)12-4-3-5-13(22)8-12)17-11(2)25-26(19(17)28)14-6-7-15(20)16(21)9-14/h3-9,25H,22H2,1-2H3,(H,24,27)/b23-10+. The summed E-state index contributed by atoms with van der Waals surface area (Å²) in [4.78, 5) is 25.0. The molecule has 0 saturated carbocycles. The SMILES string of the molecule is C/C(=N\NC(=O)c1cccc(N)c1)c1c(C)[nH]n(-c2ccc(Cl)c(Cl)c2)c1=O. The summed E-state index contributed by atoms with van der Waals surface area (Å²) in [7, 11) is 0. The molecule has 0 radical (unpaired) electrons. The van der Waals surface area contributed by atoms with Gasteiger partial charge in [0.2, 0.25) is 0 Å². The molecule has 1 heterocycles. The van der Waals surface area contributed by atoms with Gasteiger partial charge in [-0.25, -0.2) is 10.1 Å². The van der Waals surface area contributed by atoms with Crippen molar-refractivity contribution in [3.05, 3.63) is 79.7 Å². The number of nitrogen functional groups attached to an aromatic ring is 1. The van der Waals surface area contributed by atoms with Gasteiger partial charge < -0.3 is 5.73 Å². The van der Waals surface area contributed by atoms with E-state index in [0.29, 0.717) is 44.0 Å². The Morgan fingerprint density at radius 3 is 2.61 bits per heavy atom. The number of aromatic amines is 1. The number of aryl methyl sites for hydroxylation is 1. The van der Waals surface area contributed by atoms with Crippen molar-refractivity contribution in [3.8, 4) is 5.69 Å². The minimum absolute atomic E-state index is 0.324. The molecule has 3 aromatic rings. The van der Waals surface area contributed by atoms with Crippen LogP contribution in [-0.4, -0.2) is 21.4 Å². The minimum atomic E-state index is -0.426. The van der Waals surface area contributed by atoms with Crippen molar-refractivity contribution in [1.82, 2.24) is 15.2 Å². The van der Waals surface area contributed by atoms with E-state index in [1.54, 1.807) is 56.3 Å². The molecule has 0 aliphatic heterocycles. The number of H-pyrrole nitrogens is 1. The number of amides is 1. The molecule has 0 fully saturated rings. The third-order valence-electron chi connectivity index (χ3n) is 4.07. The third kappa shape index (κ3) is 3.95. The molecule has 4 N–H and O–H groups in total. The predicted octanol–water partition coefficient (Wildman–Crippen LogP) is 3.52. The Balaban J connectivity index is 1.90. The van der Waals surface area contributed by atoms with Gasteiger partial charge in [-0.05, 0) is 50.2 Å². The van der Waals surface area contributed by atoms with Crippen molar-refractivity contribution in [2.75, 3.05) is 5.73 Å². The van der Waals surface area contributed by atoms with Gasteiger partial charge in [0.15, 0.2) is 0 Å². The van der Waals surface area contributed by atoms with Crippen LogP contribution in [0.15, 0.2) is 52.4 Å².